The minimum Gasteiger partial charge on any atom is -0.355 e. The van der Waals surface area contributed by atoms with Crippen LogP contribution in [-0.4, -0.2) is 65.2 Å². The molecule has 0 radical (unpaired) electrons. The molecule has 37 heavy (non-hydrogen) atoms. The fraction of sp³-hybridized carbons (Fsp3) is 0.226. The Morgan fingerprint density at radius 2 is 1.43 bits per heavy atom. The van der Waals surface area contributed by atoms with Gasteiger partial charge in [-0.1, -0.05) is 77.4 Å². The van der Waals surface area contributed by atoms with Gasteiger partial charge in [-0.05, 0) is 47.3 Å². The quantitative estimate of drug-likeness (QED) is 0.323. The zero-order chi connectivity index (χ0) is 25.0. The van der Waals surface area contributed by atoms with Crippen molar-refractivity contribution in [2.45, 2.75) is 11.4 Å². The monoisotopic (exact) mass is 508 g/mol. The summed E-state index contributed by atoms with van der Waals surface area (Å²) in [6.45, 7) is 6.36. The summed E-state index contributed by atoms with van der Waals surface area (Å²) in [5, 5.41) is 2.35. The Balaban J connectivity index is 1.05. The average Bonchev–Trinajstić information content (AvgIpc) is 3.54. The van der Waals surface area contributed by atoms with Crippen molar-refractivity contribution in [1.82, 2.24) is 14.7 Å². The van der Waals surface area contributed by atoms with Crippen LogP contribution in [-0.2, 0) is 6.54 Å². The summed E-state index contributed by atoms with van der Waals surface area (Å²) in [7, 11) is -0.128. The van der Waals surface area contributed by atoms with Gasteiger partial charge in [0.15, 0.2) is 0 Å². The third kappa shape index (κ3) is 4.99. The maximum atomic E-state index is 12.6. The first-order chi connectivity index (χ1) is 18.3. The summed E-state index contributed by atoms with van der Waals surface area (Å²) >= 11 is 0. The number of carbonyl (C=O) groups is 1. The average molecular weight is 509 g/mol. The maximum absolute atomic E-state index is 12.6. The summed E-state index contributed by atoms with van der Waals surface area (Å²) in [6.07, 6.45) is 6.68. The number of rotatable bonds is 7. The Hall–Kier alpha value is -3.61. The van der Waals surface area contributed by atoms with Gasteiger partial charge in [0.25, 0.3) is 5.91 Å². The van der Waals surface area contributed by atoms with Crippen LogP contribution in [0.1, 0.15) is 15.9 Å². The second-order valence-electron chi connectivity index (χ2n) is 9.52. The predicted octanol–water partition coefficient (Wildman–Crippen LogP) is 5.22. The highest BCUT2D eigenvalue weighted by molar-refractivity contribution is 8.16. The standard InChI is InChI=1S/C31H32N4OS/c36-31-29-16-8-7-11-26(29)25-34(31)19-10-9-18-32-20-22-33(23-21-32)30-17-24-37(28-14-5-2-6-15-28)35(30)27-12-3-1-4-13-27/h1-17,24H,18-23,25H2/b10-9+. The molecule has 3 aromatic carbocycles. The molecule has 188 valence electrons. The number of benzene rings is 3. The van der Waals surface area contributed by atoms with Crippen LogP contribution in [0.25, 0.3) is 0 Å². The highest BCUT2D eigenvalue weighted by Crippen LogP contribution is 2.42. The van der Waals surface area contributed by atoms with E-state index in [1.165, 1.54) is 16.4 Å². The first-order valence-electron chi connectivity index (χ1n) is 13.0. The molecular weight excluding hydrogens is 476 g/mol. The van der Waals surface area contributed by atoms with Gasteiger partial charge in [-0.2, -0.15) is 0 Å². The van der Waals surface area contributed by atoms with E-state index >= 15 is 0 Å². The minimum atomic E-state index is -0.128. The molecule has 1 atom stereocenters. The van der Waals surface area contributed by atoms with E-state index in [0.717, 1.165) is 43.9 Å². The normalized spacial score (nSPS) is 19.9. The van der Waals surface area contributed by atoms with E-state index < -0.39 is 0 Å². The van der Waals surface area contributed by atoms with Gasteiger partial charge in [0, 0.05) is 56.3 Å². The number of allylic oxidation sites excluding steroid dienone is 1. The molecule has 1 amide bonds. The topological polar surface area (TPSA) is 30.0 Å². The van der Waals surface area contributed by atoms with Crippen molar-refractivity contribution in [2.24, 2.45) is 0 Å². The first-order valence-corrected chi connectivity index (χ1v) is 14.2. The Kier molecular flexibility index (Phi) is 6.93. The minimum absolute atomic E-state index is 0.128. The summed E-state index contributed by atoms with van der Waals surface area (Å²) < 4.78 is 2.50. The highest BCUT2D eigenvalue weighted by Gasteiger charge is 2.28. The Morgan fingerprint density at radius 1 is 0.757 bits per heavy atom. The highest BCUT2D eigenvalue weighted by atomic mass is 32.2. The molecule has 3 aromatic rings. The molecule has 1 unspecified atom stereocenters. The van der Waals surface area contributed by atoms with Gasteiger partial charge in [0.05, 0.1) is 5.69 Å². The lowest BCUT2D eigenvalue weighted by Gasteiger charge is -2.40. The van der Waals surface area contributed by atoms with Crippen molar-refractivity contribution in [3.63, 3.8) is 0 Å². The van der Waals surface area contributed by atoms with Crippen LogP contribution in [0.15, 0.2) is 114 Å². The van der Waals surface area contributed by atoms with Gasteiger partial charge in [-0.3, -0.25) is 14.0 Å². The van der Waals surface area contributed by atoms with E-state index in [0.29, 0.717) is 13.1 Å². The molecule has 0 aromatic heterocycles. The van der Waals surface area contributed by atoms with Crippen LogP contribution < -0.4 is 4.31 Å². The number of para-hydroxylation sites is 1. The third-order valence-corrected chi connectivity index (χ3v) is 9.12. The Morgan fingerprint density at radius 3 is 2.19 bits per heavy atom. The lowest BCUT2D eigenvalue weighted by atomic mass is 10.1. The number of anilines is 1. The second-order valence-corrected chi connectivity index (χ2v) is 11.3. The van der Waals surface area contributed by atoms with E-state index in [1.54, 1.807) is 0 Å². The molecule has 3 heterocycles. The SMILES string of the molecule is O=C1c2ccccc2CN1C/C=C/CN1CCN(C2=CC=S(c3ccccc3)N2c2ccccc2)CC1. The molecule has 1 fully saturated rings. The van der Waals surface area contributed by atoms with Gasteiger partial charge >= 0.3 is 0 Å². The number of piperazine rings is 1. The fourth-order valence-electron chi connectivity index (χ4n) is 5.19. The van der Waals surface area contributed by atoms with Gasteiger partial charge in [0.1, 0.15) is 5.82 Å². The van der Waals surface area contributed by atoms with Crippen LogP contribution in [0, 0.1) is 0 Å². The van der Waals surface area contributed by atoms with Crippen molar-refractivity contribution in [1.29, 1.82) is 0 Å². The van der Waals surface area contributed by atoms with Crippen LogP contribution in [0.5, 0.6) is 0 Å². The van der Waals surface area contributed by atoms with E-state index in [2.05, 4.69) is 104 Å². The smallest absolute Gasteiger partial charge is 0.254 e. The summed E-state index contributed by atoms with van der Waals surface area (Å²) in [5.41, 5.74) is 3.22. The summed E-state index contributed by atoms with van der Waals surface area (Å²) in [5.74, 6) is 1.44. The molecule has 3 aliphatic heterocycles. The zero-order valence-electron chi connectivity index (χ0n) is 20.9. The summed E-state index contributed by atoms with van der Waals surface area (Å²) in [6, 6.07) is 29.5. The van der Waals surface area contributed by atoms with E-state index in [4.69, 9.17) is 0 Å². The first kappa shape index (κ1) is 23.8. The zero-order valence-corrected chi connectivity index (χ0v) is 21.8. The number of amides is 1. The molecular formula is C31H32N4OS. The van der Waals surface area contributed by atoms with Gasteiger partial charge < -0.3 is 9.80 Å². The van der Waals surface area contributed by atoms with Crippen molar-refractivity contribution >= 4 is 27.6 Å². The molecule has 0 N–H and O–H groups in total. The fourth-order valence-corrected chi connectivity index (χ4v) is 7.09. The number of hydrogen-bond donors (Lipinski definition) is 0. The second kappa shape index (κ2) is 10.8. The van der Waals surface area contributed by atoms with E-state index in [1.807, 2.05) is 23.1 Å². The van der Waals surface area contributed by atoms with E-state index in [9.17, 15) is 4.79 Å². The number of carbonyl (C=O) groups excluding carboxylic acids is 1. The van der Waals surface area contributed by atoms with Gasteiger partial charge in [-0.15, -0.1) is 0 Å². The molecule has 0 saturated carbocycles. The van der Waals surface area contributed by atoms with Gasteiger partial charge in [0.2, 0.25) is 0 Å². The number of nitrogens with zero attached hydrogens (tertiary/aromatic N) is 4. The van der Waals surface area contributed by atoms with E-state index in [-0.39, 0.29) is 16.6 Å². The van der Waals surface area contributed by atoms with Crippen molar-refractivity contribution in [2.75, 3.05) is 43.6 Å². The third-order valence-electron chi connectivity index (χ3n) is 7.17. The number of hydrogen-bond acceptors (Lipinski definition) is 4. The molecule has 0 bridgehead atoms. The Bertz CT molecular complexity index is 1340. The molecule has 0 spiro atoms. The van der Waals surface area contributed by atoms with Gasteiger partial charge in [-0.25, -0.2) is 0 Å². The Labute approximate surface area is 222 Å². The summed E-state index contributed by atoms with van der Waals surface area (Å²) in [4.78, 5) is 20.8. The van der Waals surface area contributed by atoms with Crippen molar-refractivity contribution in [3.8, 4) is 0 Å². The van der Waals surface area contributed by atoms with Crippen LogP contribution in [0.4, 0.5) is 5.69 Å². The molecule has 5 nitrogen and oxygen atoms in total. The lowest BCUT2D eigenvalue weighted by molar-refractivity contribution is 0.0796. The molecule has 0 aliphatic carbocycles. The van der Waals surface area contributed by atoms with Crippen molar-refractivity contribution < 1.29 is 4.79 Å². The predicted molar refractivity (Wildman–Crippen MR) is 154 cm³/mol. The maximum Gasteiger partial charge on any atom is 0.254 e. The van der Waals surface area contributed by atoms with Crippen LogP contribution in [0.3, 0.4) is 0 Å². The largest absolute Gasteiger partial charge is 0.355 e. The molecule has 3 aliphatic rings. The van der Waals surface area contributed by atoms with Crippen LogP contribution >= 0.6 is 10.7 Å². The number of fused-ring (bicyclic) bond motifs is 1. The molecule has 6 rings (SSSR count). The van der Waals surface area contributed by atoms with Crippen molar-refractivity contribution in [3.05, 3.63) is 120 Å². The molecule has 6 heteroatoms. The lowest BCUT2D eigenvalue weighted by Crippen LogP contribution is -2.47. The van der Waals surface area contributed by atoms with Crippen LogP contribution in [0.2, 0.25) is 0 Å². The molecule has 1 saturated heterocycles.